The van der Waals surface area contributed by atoms with Crippen molar-refractivity contribution in [2.24, 2.45) is 0 Å². The molecule has 0 saturated heterocycles. The van der Waals surface area contributed by atoms with Crippen LogP contribution in [0.4, 0.5) is 0 Å². The molecule has 22 rings (SSSR count). The monoisotopic (exact) mass is 1350 g/mol. The summed E-state index contributed by atoms with van der Waals surface area (Å²) >= 11 is 0. The minimum absolute atomic E-state index is 0.153. The molecule has 0 aliphatic rings. The summed E-state index contributed by atoms with van der Waals surface area (Å²) in [5.41, 5.74) is -11.5. The Morgan fingerprint density at radius 2 is 0.480 bits per heavy atom. The Kier molecular flexibility index (Phi) is 5.48. The van der Waals surface area contributed by atoms with Crippen LogP contribution in [0.25, 0.3) is 218 Å². The van der Waals surface area contributed by atoms with Crippen LogP contribution in [0.2, 0.25) is 0 Å². The zero-order valence-corrected chi connectivity index (χ0v) is 50.9. The van der Waals surface area contributed by atoms with Gasteiger partial charge in [0.1, 0.15) is 22.3 Å². The molecule has 0 unspecified atom stereocenters. The molecule has 22 aromatic rings. The van der Waals surface area contributed by atoms with Crippen LogP contribution < -0.4 is 0 Å². The Labute approximate surface area is 670 Å². The molecule has 0 bridgehead atoms. The lowest BCUT2D eigenvalue weighted by Gasteiger charge is -2.19. The van der Waals surface area contributed by atoms with Crippen molar-refractivity contribution < 1.29 is 89.7 Å². The fourth-order valence-electron chi connectivity index (χ4n) is 12.8. The molecule has 0 atom stereocenters. The van der Waals surface area contributed by atoms with Crippen LogP contribution in [0.1, 0.15) is 80.9 Å². The van der Waals surface area contributed by atoms with Crippen LogP contribution in [0.5, 0.6) is 0 Å². The van der Waals surface area contributed by atoms with Gasteiger partial charge in [0.2, 0.25) is 0 Å². The molecule has 0 amide bonds. The first kappa shape index (κ1) is 24.2. The molecular weight excluding hydrogens is 1230 g/mol. The summed E-state index contributed by atoms with van der Waals surface area (Å²) in [5, 5.41) is -14.3. The standard InChI is InChI=1S/2C50H30O/c1-3-15-36-31(11-1)13-9-22-40(36)49-43-19-7-5-17-41(43)48(42-18-6-8-20-44(42)49)35-24-26-38-33(29-35)14-10-21-37(38)34-23-27-45-47(30-34)51-46-28-25-32-12-2-4-16-39(32)50(45)46;1-2-12-33-28-36(21-20-31(33)10-1)48-41-15-5-7-17-43(41)49(44-18-8-6-16-42(44)48)37-23-25-39-34(29-37)13-9-19-38(39)35-22-26-45-47(30-35)51-46-27-24-32-11-3-4-14-40(32)50(45)46/h2*1-30H/i1D,2D,3D,4D,5D,6D,7D,8D,9D,10D,11D,13D,14D,15D,16D,17D,18D,19D,20D,21D,22D,23D,24D,25D,26D,27D,28D,29D,30D;1D,2D,3D,4D,5D,6D,7D,8D,9D,10D,11D,12D,13D,14D,15D,16D,17D,18D,19D,20D,21D,22D,23D,24D,25D,26D,27D,28D,29D,30D. The van der Waals surface area contributed by atoms with Gasteiger partial charge in [-0.1, -0.05) is 308 Å². The summed E-state index contributed by atoms with van der Waals surface area (Å²) in [4.78, 5) is 0. The summed E-state index contributed by atoms with van der Waals surface area (Å²) in [5.74, 6) is 0. The molecular formula is C100H60O2. The highest BCUT2D eigenvalue weighted by Crippen LogP contribution is 2.49. The lowest BCUT2D eigenvalue weighted by atomic mass is 9.84. The van der Waals surface area contributed by atoms with E-state index in [-0.39, 0.29) is 32.3 Å². The molecule has 102 heavy (non-hydrogen) atoms. The Hall–Kier alpha value is -13.4. The van der Waals surface area contributed by atoms with E-state index in [0.717, 1.165) is 6.07 Å². The molecule has 2 heterocycles. The summed E-state index contributed by atoms with van der Waals surface area (Å²) in [6.45, 7) is 0. The van der Waals surface area contributed by atoms with E-state index in [9.17, 15) is 37.0 Å². The van der Waals surface area contributed by atoms with E-state index < -0.39 is 543 Å². The second-order valence-electron chi connectivity index (χ2n) is 22.6. The van der Waals surface area contributed by atoms with Crippen LogP contribution in [-0.2, 0) is 0 Å². The zero-order valence-electron chi connectivity index (χ0n) is 110. The largest absolute Gasteiger partial charge is 0.456 e. The number of rotatable bonds is 6. The molecule has 2 aromatic heterocycles. The smallest absolute Gasteiger partial charge is 0.136 e. The molecule has 0 N–H and O–H groups in total. The molecule has 0 fully saturated rings. The van der Waals surface area contributed by atoms with Crippen LogP contribution in [0, 0.1) is 0 Å². The molecule has 0 spiro atoms. The normalized spacial score (nSPS) is 20.0. The summed E-state index contributed by atoms with van der Waals surface area (Å²) in [7, 11) is 0. The minimum atomic E-state index is -1.12. The van der Waals surface area contributed by atoms with Gasteiger partial charge in [-0.3, -0.25) is 0 Å². The fourth-order valence-corrected chi connectivity index (χ4v) is 12.8. The number of benzene rings is 20. The first-order valence-electron chi connectivity index (χ1n) is 59.9. The zero-order chi connectivity index (χ0) is 118. The van der Waals surface area contributed by atoms with Crippen LogP contribution >= 0.6 is 0 Å². The maximum atomic E-state index is 9.96. The van der Waals surface area contributed by atoms with Crippen molar-refractivity contribution in [2.45, 2.75) is 0 Å². The number of furan rings is 2. The lowest BCUT2D eigenvalue weighted by molar-refractivity contribution is 0.669. The molecule has 2 heteroatoms. The van der Waals surface area contributed by atoms with Crippen molar-refractivity contribution in [1.82, 2.24) is 0 Å². The third-order valence-corrected chi connectivity index (χ3v) is 17.2. The number of hydrogen-bond donors (Lipinski definition) is 0. The van der Waals surface area contributed by atoms with Gasteiger partial charge in [0.05, 0.1) is 80.9 Å². The quantitative estimate of drug-likeness (QED) is 0.155. The minimum Gasteiger partial charge on any atom is -0.456 e. The van der Waals surface area contributed by atoms with Gasteiger partial charge < -0.3 is 8.83 Å². The van der Waals surface area contributed by atoms with E-state index >= 15 is 0 Å². The van der Waals surface area contributed by atoms with E-state index in [4.69, 9.17) is 52.7 Å². The molecule has 472 valence electrons. The van der Waals surface area contributed by atoms with Gasteiger partial charge in [-0.2, -0.15) is 0 Å². The SMILES string of the molecule is [2H]c1c([2H])c([2H])c2c([2H])c(-c3c4c([2H])c([2H])c([2H])c([2H])c4c(-c4c([2H])c([2H])c5c(-c6c([2H])c([2H])c7c(oc8c([2H])c([2H])c9c([2H])c([2H])c([2H])c([2H])c9c87)c6[2H])c([2H])c([2H])c([2H])c5c4[2H])c4c([2H])c([2H])c([2H])c([2H])c34)c([2H])c([2H])c2c1[2H].[2H]c1cc2c([2H])c([2H])c3oc4c([2H])c(-c5c([2H])c([2H])c([2H])c6c([2H])c(-c7c8c([2H])c([2H])c([2H])c([2H])c8c(-c8c([2H])c([2H])c([2H])c9c([2H])c([2H])c([2H])c([2H])c89)c8c([2H])c([2H])c([2H])c([2H])c78)c([2H])c([2H])c56)c([2H])c([2H])c4c3c2c([2H])c1[2H]. The van der Waals surface area contributed by atoms with Gasteiger partial charge in [-0.25, -0.2) is 0 Å². The van der Waals surface area contributed by atoms with Crippen molar-refractivity contribution in [1.29, 1.82) is 0 Å². The average molecular weight is 1350 g/mol. The average Bonchev–Trinajstić information content (AvgIpc) is 1.28. The Bertz CT molecular complexity index is 10800. The molecule has 0 aliphatic heterocycles. The van der Waals surface area contributed by atoms with Gasteiger partial charge in [0.15, 0.2) is 0 Å². The highest BCUT2D eigenvalue weighted by atomic mass is 16.3. The third-order valence-electron chi connectivity index (χ3n) is 17.2. The van der Waals surface area contributed by atoms with E-state index in [0.29, 0.717) is 0 Å². The lowest BCUT2D eigenvalue weighted by Crippen LogP contribution is -1.92. The van der Waals surface area contributed by atoms with Gasteiger partial charge in [-0.15, -0.1) is 0 Å². The first-order chi connectivity index (χ1) is 75.2. The molecule has 20 aromatic carbocycles. The van der Waals surface area contributed by atoms with Crippen molar-refractivity contribution in [3.63, 3.8) is 0 Å². The third kappa shape index (κ3) is 9.13. The molecule has 0 radical (unpaired) electrons. The highest BCUT2D eigenvalue weighted by Gasteiger charge is 2.22. The second kappa shape index (κ2) is 23.1. The summed E-state index contributed by atoms with van der Waals surface area (Å²) < 4.78 is 547. The van der Waals surface area contributed by atoms with E-state index in [2.05, 4.69) is 0 Å². The van der Waals surface area contributed by atoms with Gasteiger partial charge in [0, 0.05) is 21.5 Å². The van der Waals surface area contributed by atoms with Crippen molar-refractivity contribution in [3.05, 3.63) is 363 Å². The van der Waals surface area contributed by atoms with E-state index in [1.165, 1.54) is 0 Å². The number of hydrogen-bond acceptors (Lipinski definition) is 2. The second-order valence-corrected chi connectivity index (χ2v) is 22.6. The molecule has 2 nitrogen and oxygen atoms in total. The van der Waals surface area contributed by atoms with Crippen molar-refractivity contribution in [3.8, 4) is 66.8 Å². The van der Waals surface area contributed by atoms with Crippen LogP contribution in [0.3, 0.4) is 0 Å². The fraction of sp³-hybridized carbons (Fsp3) is 0. The molecule has 0 aliphatic carbocycles. The van der Waals surface area contributed by atoms with E-state index in [1.807, 2.05) is 0 Å². The van der Waals surface area contributed by atoms with Gasteiger partial charge >= 0.3 is 0 Å². The topological polar surface area (TPSA) is 26.3 Å². The maximum Gasteiger partial charge on any atom is 0.136 e. The Balaban J connectivity index is 0.000000185. The maximum absolute atomic E-state index is 9.96. The Morgan fingerprint density at radius 1 is 0.167 bits per heavy atom. The Morgan fingerprint density at radius 3 is 0.980 bits per heavy atom. The van der Waals surface area contributed by atoms with Crippen LogP contribution in [-0.4, -0.2) is 0 Å². The highest BCUT2D eigenvalue weighted by molar-refractivity contribution is 6.26. The van der Waals surface area contributed by atoms with Gasteiger partial charge in [-0.05, 0) is 229 Å². The van der Waals surface area contributed by atoms with Crippen molar-refractivity contribution in [2.75, 3.05) is 0 Å². The predicted molar refractivity (Wildman–Crippen MR) is 435 cm³/mol. The van der Waals surface area contributed by atoms with Gasteiger partial charge in [0.25, 0.3) is 0 Å². The van der Waals surface area contributed by atoms with Crippen LogP contribution in [0.15, 0.2) is 371 Å². The van der Waals surface area contributed by atoms with Crippen molar-refractivity contribution >= 4 is 152 Å². The molecule has 0 saturated carbocycles. The summed E-state index contributed by atoms with van der Waals surface area (Å²) in [6.07, 6.45) is 0. The predicted octanol–water partition coefficient (Wildman–Crippen LogP) is 28.7. The van der Waals surface area contributed by atoms with E-state index in [1.54, 1.807) is 0 Å². The first-order valence-corrected chi connectivity index (χ1v) is 30.4. The summed E-state index contributed by atoms with van der Waals surface area (Å²) in [6, 6.07) is -52.7. The number of fused-ring (bicyclic) bond motifs is 18.